The Kier molecular flexibility index (Phi) is 5.48. The fraction of sp³-hybridized carbons (Fsp3) is 0.526. The molecule has 3 rings (SSSR count). The van der Waals surface area contributed by atoms with Crippen LogP contribution in [0.2, 0.25) is 0 Å². The van der Waals surface area contributed by atoms with Crippen molar-refractivity contribution in [3.05, 3.63) is 36.3 Å². The largest absolute Gasteiger partial charge is 0.353 e. The lowest BCUT2D eigenvalue weighted by Crippen LogP contribution is -2.45. The molecular weight excluding hydrogens is 314 g/mol. The molecule has 0 atom stereocenters. The minimum Gasteiger partial charge on any atom is -0.353 e. The molecule has 1 saturated heterocycles. The van der Waals surface area contributed by atoms with Gasteiger partial charge in [0.2, 0.25) is 5.91 Å². The number of aromatic nitrogens is 3. The highest BCUT2D eigenvalue weighted by atomic mass is 16.1. The van der Waals surface area contributed by atoms with E-state index in [1.54, 1.807) is 6.20 Å². The fourth-order valence-corrected chi connectivity index (χ4v) is 3.14. The SMILES string of the molecule is CC(C)C(=O)NC1CCN(Cc2cc(-c3cccnc3)nn2C)CC1. The van der Waals surface area contributed by atoms with E-state index < -0.39 is 0 Å². The topological polar surface area (TPSA) is 63.1 Å². The van der Waals surface area contributed by atoms with Crippen molar-refractivity contribution in [1.29, 1.82) is 0 Å². The lowest BCUT2D eigenvalue weighted by Gasteiger charge is -2.32. The molecular formula is C19H27N5O. The second-order valence-corrected chi connectivity index (χ2v) is 7.10. The van der Waals surface area contributed by atoms with Gasteiger partial charge in [-0.3, -0.25) is 19.4 Å². The first kappa shape index (κ1) is 17.6. The minimum absolute atomic E-state index is 0.0540. The molecule has 1 aliphatic rings. The Hall–Kier alpha value is -2.21. The Morgan fingerprint density at radius 3 is 2.76 bits per heavy atom. The standard InChI is InChI=1S/C19H27N5O/c1-14(2)19(25)21-16-6-9-24(10-7-16)13-17-11-18(22-23(17)3)15-5-4-8-20-12-15/h4-5,8,11-12,14,16H,6-7,9-10,13H2,1-3H3,(H,21,25). The zero-order valence-electron chi connectivity index (χ0n) is 15.3. The van der Waals surface area contributed by atoms with E-state index in [0.29, 0.717) is 6.04 Å². The summed E-state index contributed by atoms with van der Waals surface area (Å²) < 4.78 is 1.95. The van der Waals surface area contributed by atoms with Crippen LogP contribution in [0.1, 0.15) is 32.4 Å². The predicted octanol–water partition coefficient (Wildman–Crippen LogP) is 2.22. The number of pyridine rings is 1. The molecule has 0 aromatic carbocycles. The van der Waals surface area contributed by atoms with Crippen molar-refractivity contribution in [3.8, 4) is 11.3 Å². The number of nitrogens with zero attached hydrogens (tertiary/aromatic N) is 4. The van der Waals surface area contributed by atoms with Crippen LogP contribution in [0.25, 0.3) is 11.3 Å². The van der Waals surface area contributed by atoms with Crippen LogP contribution >= 0.6 is 0 Å². The van der Waals surface area contributed by atoms with Gasteiger partial charge in [0, 0.05) is 56.6 Å². The van der Waals surface area contributed by atoms with Crippen LogP contribution in [0.3, 0.4) is 0 Å². The Morgan fingerprint density at radius 1 is 1.36 bits per heavy atom. The molecule has 2 aromatic heterocycles. The van der Waals surface area contributed by atoms with Gasteiger partial charge >= 0.3 is 0 Å². The second kappa shape index (κ2) is 7.78. The van der Waals surface area contributed by atoms with Gasteiger partial charge < -0.3 is 5.32 Å². The van der Waals surface area contributed by atoms with Crippen LogP contribution in [0.5, 0.6) is 0 Å². The molecule has 2 aromatic rings. The second-order valence-electron chi connectivity index (χ2n) is 7.10. The fourth-order valence-electron chi connectivity index (χ4n) is 3.14. The van der Waals surface area contributed by atoms with E-state index in [4.69, 9.17) is 0 Å². The zero-order chi connectivity index (χ0) is 17.8. The molecule has 1 aliphatic heterocycles. The van der Waals surface area contributed by atoms with Crippen molar-refractivity contribution in [2.45, 2.75) is 39.3 Å². The Bertz CT molecular complexity index is 702. The summed E-state index contributed by atoms with van der Waals surface area (Å²) in [4.78, 5) is 18.4. The van der Waals surface area contributed by atoms with E-state index in [1.165, 1.54) is 5.69 Å². The summed E-state index contributed by atoms with van der Waals surface area (Å²) in [6.45, 7) is 6.75. The van der Waals surface area contributed by atoms with Crippen molar-refractivity contribution in [2.24, 2.45) is 13.0 Å². The summed E-state index contributed by atoms with van der Waals surface area (Å²) in [6.07, 6.45) is 5.63. The number of hydrogen-bond acceptors (Lipinski definition) is 4. The summed E-state index contributed by atoms with van der Waals surface area (Å²) in [5.74, 6) is 0.213. The average Bonchev–Trinajstić information content (AvgIpc) is 2.98. The summed E-state index contributed by atoms with van der Waals surface area (Å²) >= 11 is 0. The van der Waals surface area contributed by atoms with Gasteiger partial charge in [-0.05, 0) is 31.0 Å². The molecule has 0 radical (unpaired) electrons. The van der Waals surface area contributed by atoms with Gasteiger partial charge in [-0.15, -0.1) is 0 Å². The number of piperidine rings is 1. The van der Waals surface area contributed by atoms with Crippen LogP contribution in [-0.2, 0) is 18.4 Å². The Balaban J connectivity index is 1.56. The maximum Gasteiger partial charge on any atom is 0.222 e. The Labute approximate surface area is 149 Å². The zero-order valence-corrected chi connectivity index (χ0v) is 15.3. The number of carbonyl (C=O) groups is 1. The van der Waals surface area contributed by atoms with E-state index in [9.17, 15) is 4.79 Å². The molecule has 0 bridgehead atoms. The maximum atomic E-state index is 11.8. The number of hydrogen-bond donors (Lipinski definition) is 1. The monoisotopic (exact) mass is 341 g/mol. The smallest absolute Gasteiger partial charge is 0.222 e. The normalized spacial score (nSPS) is 16.3. The first-order valence-electron chi connectivity index (χ1n) is 8.99. The van der Waals surface area contributed by atoms with Gasteiger partial charge in [0.25, 0.3) is 0 Å². The lowest BCUT2D eigenvalue weighted by atomic mass is 10.0. The molecule has 6 nitrogen and oxygen atoms in total. The molecule has 0 saturated carbocycles. The highest BCUT2D eigenvalue weighted by molar-refractivity contribution is 5.78. The number of nitrogens with one attached hydrogen (secondary N) is 1. The van der Waals surface area contributed by atoms with Crippen LogP contribution in [-0.4, -0.2) is 44.7 Å². The third kappa shape index (κ3) is 4.45. The third-order valence-corrected chi connectivity index (χ3v) is 4.78. The summed E-state index contributed by atoms with van der Waals surface area (Å²) in [6, 6.07) is 6.41. The van der Waals surface area contributed by atoms with E-state index >= 15 is 0 Å². The lowest BCUT2D eigenvalue weighted by molar-refractivity contribution is -0.125. The molecule has 0 aliphatic carbocycles. The van der Waals surface area contributed by atoms with Gasteiger partial charge in [0.15, 0.2) is 0 Å². The molecule has 134 valence electrons. The van der Waals surface area contributed by atoms with E-state index in [0.717, 1.165) is 43.7 Å². The predicted molar refractivity (Wildman–Crippen MR) is 97.7 cm³/mol. The van der Waals surface area contributed by atoms with Crippen molar-refractivity contribution in [1.82, 2.24) is 25.0 Å². The van der Waals surface area contributed by atoms with Crippen LogP contribution < -0.4 is 5.32 Å². The number of amides is 1. The molecule has 6 heteroatoms. The molecule has 0 spiro atoms. The van der Waals surface area contributed by atoms with Gasteiger partial charge in [0.1, 0.15) is 0 Å². The van der Waals surface area contributed by atoms with Gasteiger partial charge in [-0.2, -0.15) is 5.10 Å². The highest BCUT2D eigenvalue weighted by Gasteiger charge is 2.22. The van der Waals surface area contributed by atoms with Crippen molar-refractivity contribution < 1.29 is 4.79 Å². The van der Waals surface area contributed by atoms with E-state index in [-0.39, 0.29) is 11.8 Å². The molecule has 0 unspecified atom stereocenters. The highest BCUT2D eigenvalue weighted by Crippen LogP contribution is 2.20. The minimum atomic E-state index is 0.0540. The van der Waals surface area contributed by atoms with Crippen LogP contribution in [0.15, 0.2) is 30.6 Å². The number of likely N-dealkylation sites (tertiary alicyclic amines) is 1. The van der Waals surface area contributed by atoms with Gasteiger partial charge in [0.05, 0.1) is 11.4 Å². The third-order valence-electron chi connectivity index (χ3n) is 4.78. The van der Waals surface area contributed by atoms with Crippen molar-refractivity contribution >= 4 is 5.91 Å². The first-order valence-corrected chi connectivity index (χ1v) is 8.99. The summed E-state index contributed by atoms with van der Waals surface area (Å²) in [5.41, 5.74) is 3.20. The van der Waals surface area contributed by atoms with Crippen LogP contribution in [0, 0.1) is 5.92 Å². The summed E-state index contributed by atoms with van der Waals surface area (Å²) in [7, 11) is 1.99. The van der Waals surface area contributed by atoms with E-state index in [1.807, 2.05) is 43.9 Å². The quantitative estimate of drug-likeness (QED) is 0.906. The Morgan fingerprint density at radius 2 is 2.12 bits per heavy atom. The van der Waals surface area contributed by atoms with Gasteiger partial charge in [-0.25, -0.2) is 0 Å². The number of rotatable bonds is 5. The number of aryl methyl sites for hydroxylation is 1. The molecule has 3 heterocycles. The van der Waals surface area contributed by atoms with Crippen molar-refractivity contribution in [2.75, 3.05) is 13.1 Å². The number of carbonyl (C=O) groups excluding carboxylic acids is 1. The summed E-state index contributed by atoms with van der Waals surface area (Å²) in [5, 5.41) is 7.76. The first-order chi connectivity index (χ1) is 12.0. The molecule has 1 amide bonds. The average molecular weight is 341 g/mol. The van der Waals surface area contributed by atoms with Crippen molar-refractivity contribution in [3.63, 3.8) is 0 Å². The van der Waals surface area contributed by atoms with Gasteiger partial charge in [-0.1, -0.05) is 13.8 Å². The molecule has 25 heavy (non-hydrogen) atoms. The molecule has 1 fully saturated rings. The molecule has 1 N–H and O–H groups in total. The van der Waals surface area contributed by atoms with Crippen LogP contribution in [0.4, 0.5) is 0 Å². The maximum absolute atomic E-state index is 11.8. The van der Waals surface area contributed by atoms with E-state index in [2.05, 4.69) is 26.4 Å².